The molecule has 0 saturated carbocycles. The fourth-order valence-corrected chi connectivity index (χ4v) is 3.82. The Morgan fingerprint density at radius 3 is 2.52 bits per heavy atom. The first-order valence-corrected chi connectivity index (χ1v) is 10.7. The van der Waals surface area contributed by atoms with Crippen molar-refractivity contribution >= 4 is 17.6 Å². The zero-order valence-electron chi connectivity index (χ0n) is 19.0. The second-order valence-electron chi connectivity index (χ2n) is 7.77. The van der Waals surface area contributed by atoms with Crippen molar-refractivity contribution in [1.82, 2.24) is 15.1 Å². The van der Waals surface area contributed by atoms with Crippen LogP contribution in [0.25, 0.3) is 0 Å². The number of hydrogen-bond acceptors (Lipinski definition) is 4. The molecule has 166 valence electrons. The van der Waals surface area contributed by atoms with Crippen molar-refractivity contribution in [2.24, 2.45) is 4.99 Å². The minimum absolute atomic E-state index is 0.0264. The van der Waals surface area contributed by atoms with Gasteiger partial charge in [0.05, 0.1) is 12.8 Å². The monoisotopic (exact) mass is 423 g/mol. The van der Waals surface area contributed by atoms with Gasteiger partial charge in [-0.1, -0.05) is 24.3 Å². The Bertz CT molecular complexity index is 904. The van der Waals surface area contributed by atoms with Gasteiger partial charge in [0.15, 0.2) is 5.96 Å². The average Bonchev–Trinajstić information content (AvgIpc) is 2.81. The highest BCUT2D eigenvalue weighted by atomic mass is 16.5. The Morgan fingerprint density at radius 2 is 1.84 bits per heavy atom. The van der Waals surface area contributed by atoms with E-state index in [1.807, 2.05) is 43.4 Å². The molecule has 0 aromatic heterocycles. The van der Waals surface area contributed by atoms with Crippen molar-refractivity contribution in [3.05, 3.63) is 59.7 Å². The molecule has 0 aliphatic carbocycles. The maximum atomic E-state index is 12.2. The number of anilines is 1. The fourth-order valence-electron chi connectivity index (χ4n) is 3.82. The smallest absolute Gasteiger partial charge is 0.253 e. The van der Waals surface area contributed by atoms with Crippen LogP contribution in [-0.2, 0) is 6.42 Å². The number of rotatable bonds is 6. The van der Waals surface area contributed by atoms with Gasteiger partial charge in [0, 0.05) is 59.4 Å². The maximum absolute atomic E-state index is 12.2. The van der Waals surface area contributed by atoms with Crippen molar-refractivity contribution in [3.8, 4) is 5.75 Å². The van der Waals surface area contributed by atoms with Crippen LogP contribution in [0.5, 0.6) is 5.75 Å². The molecule has 2 aromatic rings. The van der Waals surface area contributed by atoms with Gasteiger partial charge in [-0.25, -0.2) is 0 Å². The van der Waals surface area contributed by atoms with Crippen LogP contribution in [0.3, 0.4) is 0 Å². The minimum Gasteiger partial charge on any atom is -0.495 e. The van der Waals surface area contributed by atoms with E-state index in [0.717, 1.165) is 67.7 Å². The molecule has 7 heteroatoms. The molecule has 1 amide bonds. The van der Waals surface area contributed by atoms with E-state index < -0.39 is 0 Å². The number of hydrogen-bond donors (Lipinski definition) is 1. The Balaban J connectivity index is 1.52. The zero-order chi connectivity index (χ0) is 22.2. The molecule has 31 heavy (non-hydrogen) atoms. The average molecular weight is 424 g/mol. The van der Waals surface area contributed by atoms with Crippen molar-refractivity contribution in [1.29, 1.82) is 0 Å². The number of nitrogens with zero attached hydrogens (tertiary/aromatic N) is 4. The highest BCUT2D eigenvalue weighted by Crippen LogP contribution is 2.28. The molecule has 7 nitrogen and oxygen atoms in total. The van der Waals surface area contributed by atoms with Crippen molar-refractivity contribution < 1.29 is 9.53 Å². The summed E-state index contributed by atoms with van der Waals surface area (Å²) in [5.41, 5.74) is 3.00. The van der Waals surface area contributed by atoms with E-state index in [1.54, 1.807) is 26.1 Å². The minimum atomic E-state index is 0.0264. The first kappa shape index (κ1) is 22.5. The summed E-state index contributed by atoms with van der Waals surface area (Å²) in [6, 6.07) is 16.0. The number of carbonyl (C=O) groups is 1. The van der Waals surface area contributed by atoms with Crippen LogP contribution in [0.4, 0.5) is 5.69 Å². The zero-order valence-corrected chi connectivity index (χ0v) is 19.0. The van der Waals surface area contributed by atoms with Gasteiger partial charge >= 0.3 is 0 Å². The molecule has 0 spiro atoms. The second-order valence-corrected chi connectivity index (χ2v) is 7.77. The van der Waals surface area contributed by atoms with E-state index in [9.17, 15) is 4.79 Å². The summed E-state index contributed by atoms with van der Waals surface area (Å²) in [5.74, 6) is 1.85. The molecule has 0 unspecified atom stereocenters. The van der Waals surface area contributed by atoms with Crippen LogP contribution >= 0.6 is 0 Å². The number of para-hydroxylation sites is 2. The lowest BCUT2D eigenvalue weighted by molar-refractivity contribution is 0.0827. The van der Waals surface area contributed by atoms with E-state index in [1.165, 1.54) is 0 Å². The van der Waals surface area contributed by atoms with Crippen LogP contribution in [0.2, 0.25) is 0 Å². The highest BCUT2D eigenvalue weighted by molar-refractivity contribution is 5.94. The van der Waals surface area contributed by atoms with Gasteiger partial charge < -0.3 is 24.8 Å². The summed E-state index contributed by atoms with van der Waals surface area (Å²) in [6.07, 6.45) is 0.828. The third kappa shape index (κ3) is 5.69. The van der Waals surface area contributed by atoms with Crippen molar-refractivity contribution in [3.63, 3.8) is 0 Å². The fraction of sp³-hybridized carbons (Fsp3) is 0.417. The molecule has 1 aliphatic rings. The van der Waals surface area contributed by atoms with E-state index in [2.05, 4.69) is 32.2 Å². The van der Waals surface area contributed by atoms with E-state index in [0.29, 0.717) is 0 Å². The van der Waals surface area contributed by atoms with Crippen LogP contribution < -0.4 is 15.0 Å². The lowest BCUT2D eigenvalue weighted by Crippen LogP contribution is -2.52. The summed E-state index contributed by atoms with van der Waals surface area (Å²) in [7, 11) is 7.08. The molecule has 0 atom stereocenters. The number of ether oxygens (including phenoxy) is 1. The van der Waals surface area contributed by atoms with Crippen LogP contribution in [0.1, 0.15) is 15.9 Å². The number of piperazine rings is 1. The molecule has 1 aliphatic heterocycles. The third-order valence-electron chi connectivity index (χ3n) is 5.49. The van der Waals surface area contributed by atoms with Gasteiger partial charge in [0.2, 0.25) is 0 Å². The first-order valence-electron chi connectivity index (χ1n) is 10.7. The normalized spacial score (nSPS) is 14.4. The summed E-state index contributed by atoms with van der Waals surface area (Å²) in [5, 5.41) is 3.47. The van der Waals surface area contributed by atoms with Crippen LogP contribution in [-0.4, -0.2) is 82.6 Å². The van der Waals surface area contributed by atoms with Gasteiger partial charge in [-0.05, 0) is 36.2 Å². The predicted molar refractivity (Wildman–Crippen MR) is 126 cm³/mol. The summed E-state index contributed by atoms with van der Waals surface area (Å²) in [4.78, 5) is 22.9. The largest absolute Gasteiger partial charge is 0.495 e. The molecule has 3 rings (SSSR count). The van der Waals surface area contributed by atoms with Gasteiger partial charge in [-0.3, -0.25) is 9.79 Å². The molecule has 1 saturated heterocycles. The number of amides is 1. The number of nitrogens with one attached hydrogen (secondary N) is 1. The summed E-state index contributed by atoms with van der Waals surface area (Å²) < 4.78 is 5.51. The number of methoxy groups -OCH3 is 1. The number of benzene rings is 2. The van der Waals surface area contributed by atoms with Crippen LogP contribution in [0.15, 0.2) is 53.5 Å². The van der Waals surface area contributed by atoms with Crippen molar-refractivity contribution in [2.45, 2.75) is 6.42 Å². The summed E-state index contributed by atoms with van der Waals surface area (Å²) >= 11 is 0. The quantitative estimate of drug-likeness (QED) is 0.571. The molecule has 0 radical (unpaired) electrons. The van der Waals surface area contributed by atoms with Crippen LogP contribution in [0, 0.1) is 0 Å². The predicted octanol–water partition coefficient (Wildman–Crippen LogP) is 2.34. The summed E-state index contributed by atoms with van der Waals surface area (Å²) in [6.45, 7) is 4.37. The lowest BCUT2D eigenvalue weighted by atomic mass is 10.1. The number of carbonyl (C=O) groups excluding carboxylic acids is 1. The lowest BCUT2D eigenvalue weighted by Gasteiger charge is -2.38. The Morgan fingerprint density at radius 1 is 1.10 bits per heavy atom. The molecule has 0 bridgehead atoms. The topological polar surface area (TPSA) is 60.4 Å². The standard InChI is InChI=1S/C24H33N5O2/c1-25-24(26-13-12-19-8-7-9-20(18-19)23(30)27(2)3)29-16-14-28(15-17-29)21-10-5-6-11-22(21)31-4/h5-11,18H,12-17H2,1-4H3,(H,25,26). The van der Waals surface area contributed by atoms with Crippen molar-refractivity contribution in [2.75, 3.05) is 65.9 Å². The van der Waals surface area contributed by atoms with E-state index in [4.69, 9.17) is 4.74 Å². The number of guanidine groups is 1. The molecule has 1 fully saturated rings. The van der Waals surface area contributed by atoms with E-state index in [-0.39, 0.29) is 5.91 Å². The van der Waals surface area contributed by atoms with Gasteiger partial charge in [0.1, 0.15) is 5.75 Å². The SMILES string of the molecule is CN=C(NCCc1cccc(C(=O)N(C)C)c1)N1CCN(c2ccccc2OC)CC1. The molecule has 1 heterocycles. The molecular formula is C24H33N5O2. The van der Waals surface area contributed by atoms with Gasteiger partial charge in [-0.15, -0.1) is 0 Å². The third-order valence-corrected chi connectivity index (χ3v) is 5.49. The van der Waals surface area contributed by atoms with Gasteiger partial charge in [-0.2, -0.15) is 0 Å². The Hall–Kier alpha value is -3.22. The van der Waals surface area contributed by atoms with Gasteiger partial charge in [0.25, 0.3) is 5.91 Å². The molecular weight excluding hydrogens is 390 g/mol. The highest BCUT2D eigenvalue weighted by Gasteiger charge is 2.21. The number of aliphatic imine (C=N–C) groups is 1. The first-order chi connectivity index (χ1) is 15.0. The Labute approximate surface area is 185 Å². The van der Waals surface area contributed by atoms with E-state index >= 15 is 0 Å². The molecule has 2 aromatic carbocycles. The maximum Gasteiger partial charge on any atom is 0.253 e. The molecule has 1 N–H and O–H groups in total. The Kier molecular flexibility index (Phi) is 7.76. The second kappa shape index (κ2) is 10.7.